The van der Waals surface area contributed by atoms with Gasteiger partial charge in [0.2, 0.25) is 5.91 Å². The van der Waals surface area contributed by atoms with Crippen molar-refractivity contribution in [3.63, 3.8) is 0 Å². The third-order valence-electron chi connectivity index (χ3n) is 6.01. The minimum absolute atomic E-state index is 0.114. The van der Waals surface area contributed by atoms with E-state index >= 15 is 0 Å². The topological polar surface area (TPSA) is 65.4 Å². The van der Waals surface area contributed by atoms with E-state index in [2.05, 4.69) is 16.8 Å². The van der Waals surface area contributed by atoms with Gasteiger partial charge in [-0.05, 0) is 56.9 Å². The van der Waals surface area contributed by atoms with Crippen molar-refractivity contribution < 1.29 is 14.3 Å². The maximum atomic E-state index is 13.6. The van der Waals surface area contributed by atoms with Crippen LogP contribution in [0.5, 0.6) is 5.75 Å². The minimum Gasteiger partial charge on any atom is -0.495 e. The van der Waals surface area contributed by atoms with Crippen LogP contribution in [0.2, 0.25) is 0 Å². The number of methoxy groups -OCH3 is 1. The van der Waals surface area contributed by atoms with E-state index in [1.807, 2.05) is 62.4 Å². The number of aryl methyl sites for hydroxylation is 2. The van der Waals surface area contributed by atoms with Crippen molar-refractivity contribution in [2.24, 2.45) is 0 Å². The first kappa shape index (κ1) is 23.4. The van der Waals surface area contributed by atoms with Crippen molar-refractivity contribution in [2.75, 3.05) is 19.0 Å². The number of thioether (sulfide) groups is 1. The number of aromatic nitrogens is 2. The molecule has 0 spiro atoms. The second-order valence-corrected chi connectivity index (χ2v) is 9.48. The lowest BCUT2D eigenvalue weighted by Gasteiger charge is -2.20. The summed E-state index contributed by atoms with van der Waals surface area (Å²) in [6, 6.07) is 15.6. The average Bonchev–Trinajstić information content (AvgIpc) is 3.42. The van der Waals surface area contributed by atoms with Gasteiger partial charge in [-0.1, -0.05) is 48.2 Å². The second-order valence-electron chi connectivity index (χ2n) is 8.41. The molecule has 33 heavy (non-hydrogen) atoms. The van der Waals surface area contributed by atoms with Crippen LogP contribution in [0, 0.1) is 20.8 Å². The molecule has 4 rings (SSSR count). The van der Waals surface area contributed by atoms with Crippen molar-refractivity contribution in [3.8, 4) is 5.75 Å². The summed E-state index contributed by atoms with van der Waals surface area (Å²) >= 11 is 1.48. The molecule has 0 radical (unpaired) electrons. The van der Waals surface area contributed by atoms with E-state index in [1.54, 1.807) is 7.11 Å². The molecule has 0 bridgehead atoms. The van der Waals surface area contributed by atoms with E-state index in [1.165, 1.54) is 11.8 Å². The Balaban J connectivity index is 1.65. The van der Waals surface area contributed by atoms with Crippen LogP contribution in [-0.2, 0) is 16.1 Å². The Hall–Kier alpha value is -2.77. The smallest absolute Gasteiger partial charge is 0.242 e. The first-order chi connectivity index (χ1) is 16.0. The lowest BCUT2D eigenvalue weighted by molar-refractivity contribution is -0.115. The molecular formula is C26H31N3O3S. The molecule has 2 heterocycles. The molecule has 1 amide bonds. The quantitative estimate of drug-likeness (QED) is 0.447. The molecular weight excluding hydrogens is 434 g/mol. The van der Waals surface area contributed by atoms with Crippen molar-refractivity contribution in [3.05, 3.63) is 71.0 Å². The number of carbonyl (C=O) groups is 1. The van der Waals surface area contributed by atoms with Gasteiger partial charge in [-0.25, -0.2) is 4.98 Å². The van der Waals surface area contributed by atoms with Gasteiger partial charge in [0.05, 0.1) is 31.1 Å². The molecule has 1 N–H and O–H groups in total. The summed E-state index contributed by atoms with van der Waals surface area (Å²) in [5.41, 5.74) is 4.73. The van der Waals surface area contributed by atoms with Gasteiger partial charge in [0, 0.05) is 12.3 Å². The van der Waals surface area contributed by atoms with E-state index in [4.69, 9.17) is 14.5 Å². The zero-order valence-electron chi connectivity index (χ0n) is 19.6. The Morgan fingerprint density at radius 1 is 1.24 bits per heavy atom. The van der Waals surface area contributed by atoms with Crippen LogP contribution in [0.1, 0.15) is 40.6 Å². The second kappa shape index (κ2) is 10.4. The fraction of sp³-hybridized carbons (Fsp3) is 0.385. The summed E-state index contributed by atoms with van der Waals surface area (Å²) in [4.78, 5) is 18.4. The van der Waals surface area contributed by atoms with Gasteiger partial charge in [-0.3, -0.25) is 4.79 Å². The van der Waals surface area contributed by atoms with Gasteiger partial charge in [0.25, 0.3) is 0 Å². The number of benzene rings is 2. The summed E-state index contributed by atoms with van der Waals surface area (Å²) in [5, 5.41) is 3.45. The van der Waals surface area contributed by atoms with Crippen LogP contribution in [-0.4, -0.2) is 35.3 Å². The van der Waals surface area contributed by atoms with Gasteiger partial charge in [-0.15, -0.1) is 0 Å². The van der Waals surface area contributed by atoms with E-state index in [9.17, 15) is 4.79 Å². The molecule has 174 valence electrons. The Morgan fingerprint density at radius 3 is 2.73 bits per heavy atom. The first-order valence-electron chi connectivity index (χ1n) is 11.3. The van der Waals surface area contributed by atoms with Crippen molar-refractivity contribution in [1.29, 1.82) is 0 Å². The number of hydrogen-bond donors (Lipinski definition) is 1. The number of anilines is 1. The lowest BCUT2D eigenvalue weighted by Crippen LogP contribution is -2.21. The number of amides is 1. The molecule has 1 aliphatic rings. The Bertz CT molecular complexity index is 1110. The highest BCUT2D eigenvalue weighted by Gasteiger charge is 2.27. The van der Waals surface area contributed by atoms with Crippen LogP contribution in [0.15, 0.2) is 53.7 Å². The molecule has 2 atom stereocenters. The van der Waals surface area contributed by atoms with Crippen LogP contribution >= 0.6 is 11.8 Å². The number of ether oxygens (including phenoxy) is 2. The summed E-state index contributed by atoms with van der Waals surface area (Å²) in [5.74, 6) is 0.523. The summed E-state index contributed by atoms with van der Waals surface area (Å²) in [7, 11) is 1.61. The molecule has 0 aliphatic carbocycles. The van der Waals surface area contributed by atoms with Gasteiger partial charge >= 0.3 is 0 Å². The number of carbonyl (C=O) groups excluding carboxylic acids is 1. The monoisotopic (exact) mass is 465 g/mol. The Kier molecular flexibility index (Phi) is 7.40. The highest BCUT2D eigenvalue weighted by molar-refractivity contribution is 8.00. The largest absolute Gasteiger partial charge is 0.495 e. The van der Waals surface area contributed by atoms with Gasteiger partial charge in [0.15, 0.2) is 5.16 Å². The minimum atomic E-state index is -0.471. The summed E-state index contributed by atoms with van der Waals surface area (Å²) in [6.07, 6.45) is 2.33. The van der Waals surface area contributed by atoms with Gasteiger partial charge < -0.3 is 19.4 Å². The molecule has 6 nitrogen and oxygen atoms in total. The molecule has 1 fully saturated rings. The van der Waals surface area contributed by atoms with Crippen molar-refractivity contribution in [1.82, 2.24) is 9.55 Å². The van der Waals surface area contributed by atoms with Crippen molar-refractivity contribution in [2.45, 2.75) is 56.7 Å². The SMILES string of the molecule is COc1ccc(C)cc1NC(=O)[C@H](Sc1nc(C)c(C)n1C[C@H]1CCCO1)c1ccccc1. The zero-order chi connectivity index (χ0) is 23.4. The fourth-order valence-corrected chi connectivity index (χ4v) is 5.24. The fourth-order valence-electron chi connectivity index (χ4n) is 4.04. The third kappa shape index (κ3) is 5.42. The van der Waals surface area contributed by atoms with E-state index in [0.717, 1.165) is 53.7 Å². The highest BCUT2D eigenvalue weighted by Crippen LogP contribution is 2.38. The zero-order valence-corrected chi connectivity index (χ0v) is 20.4. The number of rotatable bonds is 8. The van der Waals surface area contributed by atoms with Crippen LogP contribution in [0.3, 0.4) is 0 Å². The first-order valence-corrected chi connectivity index (χ1v) is 12.2. The van der Waals surface area contributed by atoms with Crippen LogP contribution in [0.25, 0.3) is 0 Å². The molecule has 0 saturated carbocycles. The molecule has 7 heteroatoms. The molecule has 3 aromatic rings. The van der Waals surface area contributed by atoms with Crippen LogP contribution in [0.4, 0.5) is 5.69 Å². The van der Waals surface area contributed by atoms with E-state index in [-0.39, 0.29) is 12.0 Å². The predicted molar refractivity (Wildman–Crippen MR) is 132 cm³/mol. The molecule has 1 saturated heterocycles. The molecule has 2 aromatic carbocycles. The maximum Gasteiger partial charge on any atom is 0.242 e. The van der Waals surface area contributed by atoms with Gasteiger partial charge in [0.1, 0.15) is 11.0 Å². The lowest BCUT2D eigenvalue weighted by atomic mass is 10.1. The number of imidazole rings is 1. The predicted octanol–water partition coefficient (Wildman–Crippen LogP) is 5.47. The van der Waals surface area contributed by atoms with Crippen LogP contribution < -0.4 is 10.1 Å². The number of nitrogens with one attached hydrogen (secondary N) is 1. The van der Waals surface area contributed by atoms with Crippen molar-refractivity contribution >= 4 is 23.4 Å². The Labute approximate surface area is 199 Å². The van der Waals surface area contributed by atoms with E-state index in [0.29, 0.717) is 11.4 Å². The standard InChI is InChI=1S/C26H31N3O3S/c1-17-12-13-23(31-4)22(15-17)28-25(30)24(20-9-6-5-7-10-20)33-26-27-18(2)19(3)29(26)16-21-11-8-14-32-21/h5-7,9-10,12-13,15,21,24H,8,11,14,16H2,1-4H3,(H,28,30)/t21-,24-/m1/s1. The maximum absolute atomic E-state index is 13.6. The normalized spacial score (nSPS) is 16.5. The number of hydrogen-bond acceptors (Lipinski definition) is 5. The molecule has 1 aromatic heterocycles. The van der Waals surface area contributed by atoms with E-state index < -0.39 is 5.25 Å². The average molecular weight is 466 g/mol. The third-order valence-corrected chi connectivity index (χ3v) is 7.25. The number of nitrogens with zero attached hydrogens (tertiary/aromatic N) is 2. The molecule has 0 unspecified atom stereocenters. The van der Waals surface area contributed by atoms with Gasteiger partial charge in [-0.2, -0.15) is 0 Å². The Morgan fingerprint density at radius 2 is 2.03 bits per heavy atom. The summed E-state index contributed by atoms with van der Waals surface area (Å²) < 4.78 is 13.5. The summed E-state index contributed by atoms with van der Waals surface area (Å²) in [6.45, 7) is 7.65. The molecule has 1 aliphatic heterocycles. The highest BCUT2D eigenvalue weighted by atomic mass is 32.2.